The number of aliphatic carboxylic acids is 1. The fourth-order valence-electron chi connectivity index (χ4n) is 1.96. The van der Waals surface area contributed by atoms with Crippen LogP contribution in [0.25, 0.3) is 0 Å². The summed E-state index contributed by atoms with van der Waals surface area (Å²) in [7, 11) is 0. The Hall–Kier alpha value is -0.910. The van der Waals surface area contributed by atoms with E-state index >= 15 is 0 Å². The van der Waals surface area contributed by atoms with Gasteiger partial charge in [0.15, 0.2) is 0 Å². The van der Waals surface area contributed by atoms with Crippen LogP contribution >= 0.6 is 11.8 Å². The molecule has 0 radical (unpaired) electrons. The van der Waals surface area contributed by atoms with Gasteiger partial charge in [-0.15, -0.1) is 11.8 Å². The molecule has 3 atom stereocenters. The molecule has 2 rings (SSSR count). The largest absolute Gasteiger partial charge is 0.480 e. The van der Waals surface area contributed by atoms with Crippen molar-refractivity contribution in [1.29, 1.82) is 0 Å². The Morgan fingerprint density at radius 3 is 2.88 bits per heavy atom. The van der Waals surface area contributed by atoms with E-state index in [-0.39, 0.29) is 12.1 Å². The lowest BCUT2D eigenvalue weighted by atomic mass is 10.3. The second kappa shape index (κ2) is 4.53. The summed E-state index contributed by atoms with van der Waals surface area (Å²) < 4.78 is 0. The number of amides is 2. The molecule has 1 heterocycles. The molecule has 2 fully saturated rings. The molecule has 0 aromatic rings. The molecule has 0 aromatic carbocycles. The first-order valence-corrected chi connectivity index (χ1v) is 6.66. The average molecular weight is 244 g/mol. The van der Waals surface area contributed by atoms with Gasteiger partial charge in [-0.1, -0.05) is 13.3 Å². The van der Waals surface area contributed by atoms with Gasteiger partial charge in [-0.3, -0.25) is 0 Å². The number of hydrogen-bond acceptors (Lipinski definition) is 3. The number of carbonyl (C=O) groups is 2. The van der Waals surface area contributed by atoms with Crippen molar-refractivity contribution in [2.75, 3.05) is 11.6 Å². The summed E-state index contributed by atoms with van der Waals surface area (Å²) in [6, 6.07) is -0.625. The van der Waals surface area contributed by atoms with E-state index in [1.807, 2.05) is 0 Å². The Kier molecular flexibility index (Phi) is 3.28. The highest BCUT2D eigenvalue weighted by Gasteiger charge is 2.40. The highest BCUT2D eigenvalue weighted by atomic mass is 32.2. The third-order valence-electron chi connectivity index (χ3n) is 3.18. The van der Waals surface area contributed by atoms with Gasteiger partial charge in [0.25, 0.3) is 0 Å². The van der Waals surface area contributed by atoms with Crippen LogP contribution in [0.5, 0.6) is 0 Å². The highest BCUT2D eigenvalue weighted by molar-refractivity contribution is 7.99. The van der Waals surface area contributed by atoms with Gasteiger partial charge in [-0.05, 0) is 12.3 Å². The predicted octanol–water partition coefficient (Wildman–Crippen LogP) is 0.954. The molecule has 2 N–H and O–H groups in total. The smallest absolute Gasteiger partial charge is 0.327 e. The van der Waals surface area contributed by atoms with Gasteiger partial charge in [-0.2, -0.15) is 0 Å². The molecule has 90 valence electrons. The van der Waals surface area contributed by atoms with Crippen LogP contribution in [0, 0.1) is 5.92 Å². The summed E-state index contributed by atoms with van der Waals surface area (Å²) in [4.78, 5) is 24.1. The Morgan fingerprint density at radius 2 is 2.31 bits per heavy atom. The number of nitrogens with one attached hydrogen (secondary N) is 1. The number of nitrogens with zero attached hydrogens (tertiary/aromatic N) is 1. The van der Waals surface area contributed by atoms with Crippen molar-refractivity contribution in [1.82, 2.24) is 10.2 Å². The predicted molar refractivity (Wildman–Crippen MR) is 61.3 cm³/mol. The number of rotatable bonds is 3. The van der Waals surface area contributed by atoms with E-state index in [0.29, 0.717) is 17.5 Å². The monoisotopic (exact) mass is 244 g/mol. The SMILES string of the molecule is CCC1CC1NC(=O)N1CSCC1C(=O)O. The Morgan fingerprint density at radius 1 is 1.56 bits per heavy atom. The van der Waals surface area contributed by atoms with Crippen LogP contribution in [-0.2, 0) is 4.79 Å². The molecular weight excluding hydrogens is 228 g/mol. The van der Waals surface area contributed by atoms with Gasteiger partial charge in [0, 0.05) is 11.8 Å². The maximum absolute atomic E-state index is 11.8. The lowest BCUT2D eigenvalue weighted by Crippen LogP contribution is -2.47. The van der Waals surface area contributed by atoms with Gasteiger partial charge >= 0.3 is 12.0 Å². The highest BCUT2D eigenvalue weighted by Crippen LogP contribution is 2.33. The van der Waals surface area contributed by atoms with Crippen LogP contribution in [-0.4, -0.2) is 45.7 Å². The van der Waals surface area contributed by atoms with E-state index in [1.54, 1.807) is 0 Å². The van der Waals surface area contributed by atoms with Crippen LogP contribution in [0.4, 0.5) is 4.79 Å². The van der Waals surface area contributed by atoms with Gasteiger partial charge in [-0.25, -0.2) is 9.59 Å². The number of hydrogen-bond donors (Lipinski definition) is 2. The average Bonchev–Trinajstić information content (AvgIpc) is 2.80. The fourth-order valence-corrected chi connectivity index (χ4v) is 3.11. The first kappa shape index (κ1) is 11.6. The van der Waals surface area contributed by atoms with Crippen molar-refractivity contribution in [3.8, 4) is 0 Å². The van der Waals surface area contributed by atoms with Gasteiger partial charge < -0.3 is 15.3 Å². The van der Waals surface area contributed by atoms with E-state index in [2.05, 4.69) is 12.2 Å². The van der Waals surface area contributed by atoms with Gasteiger partial charge in [0.1, 0.15) is 6.04 Å². The van der Waals surface area contributed by atoms with Crippen molar-refractivity contribution in [3.05, 3.63) is 0 Å². The van der Waals surface area contributed by atoms with Crippen molar-refractivity contribution >= 4 is 23.8 Å². The third kappa shape index (κ3) is 2.26. The van der Waals surface area contributed by atoms with Crippen molar-refractivity contribution in [2.45, 2.75) is 31.8 Å². The number of carbonyl (C=O) groups excluding carboxylic acids is 1. The number of thioether (sulfide) groups is 1. The molecule has 3 unspecified atom stereocenters. The zero-order chi connectivity index (χ0) is 11.7. The summed E-state index contributed by atoms with van der Waals surface area (Å²) in [5, 5.41) is 11.8. The minimum absolute atomic E-state index is 0.224. The zero-order valence-electron chi connectivity index (χ0n) is 9.18. The van der Waals surface area contributed by atoms with Gasteiger partial charge in [0.05, 0.1) is 5.88 Å². The maximum Gasteiger partial charge on any atom is 0.327 e. The lowest BCUT2D eigenvalue weighted by molar-refractivity contribution is -0.140. The Bertz CT molecular complexity index is 310. The molecule has 2 amide bonds. The first-order chi connectivity index (χ1) is 7.63. The Balaban J connectivity index is 1.87. The van der Waals surface area contributed by atoms with E-state index in [4.69, 9.17) is 5.11 Å². The summed E-state index contributed by atoms with van der Waals surface area (Å²) in [5.74, 6) is 0.641. The lowest BCUT2D eigenvalue weighted by Gasteiger charge is -2.20. The van der Waals surface area contributed by atoms with Crippen LogP contribution in [0.2, 0.25) is 0 Å². The molecule has 0 aromatic heterocycles. The second-order valence-electron chi connectivity index (χ2n) is 4.28. The molecule has 2 aliphatic rings. The summed E-state index contributed by atoms with van der Waals surface area (Å²) in [6.45, 7) is 2.10. The van der Waals surface area contributed by atoms with Crippen LogP contribution in [0.3, 0.4) is 0 Å². The summed E-state index contributed by atoms with van der Waals surface area (Å²) in [5.41, 5.74) is 0. The van der Waals surface area contributed by atoms with Crippen LogP contribution < -0.4 is 5.32 Å². The molecule has 1 aliphatic heterocycles. The molecule has 1 saturated carbocycles. The molecular formula is C10H16N2O3S. The molecule has 16 heavy (non-hydrogen) atoms. The number of carboxylic acid groups (broad SMARTS) is 1. The summed E-state index contributed by atoms with van der Waals surface area (Å²) >= 11 is 1.49. The molecule has 0 spiro atoms. The second-order valence-corrected chi connectivity index (χ2v) is 5.28. The van der Waals surface area contributed by atoms with Crippen LogP contribution in [0.15, 0.2) is 0 Å². The number of carboxylic acids is 1. The number of urea groups is 1. The summed E-state index contributed by atoms with van der Waals surface area (Å²) in [6.07, 6.45) is 2.10. The van der Waals surface area contributed by atoms with E-state index in [0.717, 1.165) is 12.8 Å². The van der Waals surface area contributed by atoms with E-state index < -0.39 is 12.0 Å². The fraction of sp³-hybridized carbons (Fsp3) is 0.800. The quantitative estimate of drug-likeness (QED) is 0.775. The van der Waals surface area contributed by atoms with Crippen molar-refractivity contribution in [2.24, 2.45) is 5.92 Å². The first-order valence-electron chi connectivity index (χ1n) is 5.51. The topological polar surface area (TPSA) is 69.6 Å². The van der Waals surface area contributed by atoms with E-state index in [1.165, 1.54) is 16.7 Å². The van der Waals surface area contributed by atoms with Crippen molar-refractivity contribution in [3.63, 3.8) is 0 Å². The maximum atomic E-state index is 11.8. The molecule has 1 aliphatic carbocycles. The third-order valence-corrected chi connectivity index (χ3v) is 4.20. The molecule has 5 nitrogen and oxygen atoms in total. The molecule has 0 bridgehead atoms. The minimum Gasteiger partial charge on any atom is -0.480 e. The van der Waals surface area contributed by atoms with E-state index in [9.17, 15) is 9.59 Å². The normalized spacial score (nSPS) is 32.6. The standard InChI is InChI=1S/C10H16N2O3S/c1-2-6-3-7(6)11-10(15)12-5-16-4-8(12)9(13)14/h6-8H,2-5H2,1H3,(H,11,15)(H,13,14). The zero-order valence-corrected chi connectivity index (χ0v) is 10.00. The minimum atomic E-state index is -0.914. The molecule has 6 heteroatoms. The van der Waals surface area contributed by atoms with Gasteiger partial charge in [0.2, 0.25) is 0 Å². The van der Waals surface area contributed by atoms with Crippen molar-refractivity contribution < 1.29 is 14.7 Å². The Labute approximate surface area is 98.6 Å². The molecule has 1 saturated heterocycles. The van der Waals surface area contributed by atoms with Crippen LogP contribution in [0.1, 0.15) is 19.8 Å².